The van der Waals surface area contributed by atoms with Gasteiger partial charge in [0.2, 0.25) is 5.43 Å². The second-order valence-electron chi connectivity index (χ2n) is 7.69. The van der Waals surface area contributed by atoms with E-state index in [1.54, 1.807) is 11.9 Å². The molecule has 32 heavy (non-hydrogen) atoms. The Kier molecular flexibility index (Phi) is 6.68. The van der Waals surface area contributed by atoms with Gasteiger partial charge < -0.3 is 19.9 Å². The molecule has 0 radical (unpaired) electrons. The monoisotopic (exact) mass is 455 g/mol. The van der Waals surface area contributed by atoms with Crippen LogP contribution < -0.4 is 10.7 Å². The van der Waals surface area contributed by atoms with Gasteiger partial charge in [0.15, 0.2) is 12.0 Å². The van der Waals surface area contributed by atoms with Crippen LogP contribution in [0.15, 0.2) is 29.2 Å². The second kappa shape index (κ2) is 9.11. The van der Waals surface area contributed by atoms with Crippen LogP contribution >= 0.6 is 0 Å². The van der Waals surface area contributed by atoms with Crippen LogP contribution in [0.25, 0.3) is 0 Å². The molecule has 1 aromatic heterocycles. The lowest BCUT2D eigenvalue weighted by atomic mass is 10.0. The number of likely N-dealkylation sites (N-methyl/N-ethyl adjacent to an activating group) is 1. The zero-order valence-electron chi connectivity index (χ0n) is 17.1. The van der Waals surface area contributed by atoms with Crippen molar-refractivity contribution in [1.29, 1.82) is 0 Å². The average Bonchev–Trinajstić information content (AvgIpc) is 2.86. The van der Waals surface area contributed by atoms with E-state index in [2.05, 4.69) is 5.32 Å². The minimum atomic E-state index is -3.28. The number of carbonyl (C=O) groups is 2. The first kappa shape index (κ1) is 23.5. The molecule has 1 aromatic carbocycles. The summed E-state index contributed by atoms with van der Waals surface area (Å²) in [5.74, 6) is -7.24. The van der Waals surface area contributed by atoms with Gasteiger partial charge in [0.25, 0.3) is 11.8 Å². The molecular weight excluding hydrogens is 434 g/mol. The number of hydrogen-bond donors (Lipinski definition) is 2. The van der Waals surface area contributed by atoms with Gasteiger partial charge in [-0.25, -0.2) is 17.6 Å². The molecule has 11 heteroatoms. The minimum absolute atomic E-state index is 0.0767. The molecule has 1 unspecified atom stereocenters. The first-order valence-electron chi connectivity index (χ1n) is 9.77. The highest BCUT2D eigenvalue weighted by Gasteiger charge is 2.43. The number of aldehydes is 1. The molecule has 0 bridgehead atoms. The predicted molar refractivity (Wildman–Crippen MR) is 106 cm³/mol. The summed E-state index contributed by atoms with van der Waals surface area (Å²) >= 11 is 0. The number of halogens is 4. The number of nitrogens with one attached hydrogen (secondary N) is 1. The van der Waals surface area contributed by atoms with Gasteiger partial charge in [-0.3, -0.25) is 14.4 Å². The third-order valence-electron chi connectivity index (χ3n) is 5.42. The quantitative estimate of drug-likeness (QED) is 0.534. The Morgan fingerprint density at radius 1 is 1.34 bits per heavy atom. The summed E-state index contributed by atoms with van der Waals surface area (Å²) in [7, 11) is 1.61. The van der Waals surface area contributed by atoms with E-state index in [-0.39, 0.29) is 24.8 Å². The maximum absolute atomic E-state index is 14.8. The van der Waals surface area contributed by atoms with Crippen molar-refractivity contribution in [2.24, 2.45) is 0 Å². The molecule has 0 saturated carbocycles. The van der Waals surface area contributed by atoms with E-state index in [0.29, 0.717) is 12.6 Å². The number of carbonyl (C=O) groups excluding carboxylic acids is 2. The van der Waals surface area contributed by atoms with E-state index in [4.69, 9.17) is 0 Å². The van der Waals surface area contributed by atoms with Gasteiger partial charge in [0.1, 0.15) is 28.9 Å². The number of amides is 1. The van der Waals surface area contributed by atoms with E-state index in [1.165, 1.54) is 0 Å². The minimum Gasteiger partial charge on any atom is -0.503 e. The molecule has 3 rings (SSSR count). The van der Waals surface area contributed by atoms with Gasteiger partial charge in [-0.2, -0.15) is 0 Å². The topological polar surface area (TPSA) is 91.6 Å². The van der Waals surface area contributed by atoms with E-state index < -0.39 is 64.9 Å². The van der Waals surface area contributed by atoms with Crippen LogP contribution in [0.2, 0.25) is 0 Å². The lowest BCUT2D eigenvalue weighted by Crippen LogP contribution is -2.39. The lowest BCUT2D eigenvalue weighted by molar-refractivity contribution is -0.0567. The largest absolute Gasteiger partial charge is 0.503 e. The predicted octanol–water partition coefficient (Wildman–Crippen LogP) is 2.48. The third-order valence-corrected chi connectivity index (χ3v) is 5.42. The van der Waals surface area contributed by atoms with Gasteiger partial charge in [-0.1, -0.05) is 6.07 Å². The van der Waals surface area contributed by atoms with Crippen molar-refractivity contribution < 1.29 is 32.3 Å². The van der Waals surface area contributed by atoms with Crippen molar-refractivity contribution in [1.82, 2.24) is 14.8 Å². The van der Waals surface area contributed by atoms with Crippen LogP contribution in [-0.4, -0.2) is 52.8 Å². The Labute approximate surface area is 180 Å². The van der Waals surface area contributed by atoms with Crippen molar-refractivity contribution in [3.8, 4) is 5.75 Å². The first-order valence-corrected chi connectivity index (χ1v) is 9.77. The van der Waals surface area contributed by atoms with E-state index >= 15 is 0 Å². The fraction of sp³-hybridized carbons (Fsp3) is 0.381. The highest BCUT2D eigenvalue weighted by atomic mass is 19.3. The number of nitrogens with zero attached hydrogens (tertiary/aromatic N) is 2. The number of alkyl halides is 2. The Bertz CT molecular complexity index is 1100. The van der Waals surface area contributed by atoms with E-state index in [1.807, 2.05) is 0 Å². The highest BCUT2D eigenvalue weighted by Crippen LogP contribution is 2.37. The number of rotatable bonds is 5. The molecule has 0 aliphatic carbocycles. The van der Waals surface area contributed by atoms with E-state index in [0.717, 1.165) is 22.9 Å². The van der Waals surface area contributed by atoms with Crippen LogP contribution in [0, 0.1) is 11.6 Å². The van der Waals surface area contributed by atoms with Crippen molar-refractivity contribution in [2.45, 2.75) is 31.4 Å². The molecule has 2 heterocycles. The summed E-state index contributed by atoms with van der Waals surface area (Å²) in [5.41, 5.74) is -2.68. The summed E-state index contributed by atoms with van der Waals surface area (Å²) in [4.78, 5) is 38.2. The van der Waals surface area contributed by atoms with Gasteiger partial charge in [0, 0.05) is 37.3 Å². The zero-order chi connectivity index (χ0) is 23.6. The van der Waals surface area contributed by atoms with Crippen molar-refractivity contribution in [2.75, 3.05) is 20.1 Å². The summed E-state index contributed by atoms with van der Waals surface area (Å²) in [6.45, 7) is -0.244. The molecule has 1 saturated heterocycles. The SMILES string of the molecule is CN1CCCC(F)(F)C(n2cc(C(=O)NCc3ccc(F)cc3F)c(=O)c(O)c2C=O)C1. The Balaban J connectivity index is 2.00. The van der Waals surface area contributed by atoms with Crippen molar-refractivity contribution >= 4 is 12.2 Å². The van der Waals surface area contributed by atoms with Crippen LogP contribution in [-0.2, 0) is 6.54 Å². The van der Waals surface area contributed by atoms with Gasteiger partial charge >= 0.3 is 0 Å². The molecular formula is C21H21F4N3O4. The van der Waals surface area contributed by atoms with Gasteiger partial charge in [-0.05, 0) is 26.1 Å². The number of aromatic nitrogens is 1. The highest BCUT2D eigenvalue weighted by molar-refractivity contribution is 5.95. The number of likely N-dealkylation sites (tertiary alicyclic amines) is 1. The molecule has 0 spiro atoms. The average molecular weight is 455 g/mol. The number of benzene rings is 1. The zero-order valence-corrected chi connectivity index (χ0v) is 17.1. The molecule has 2 N–H and O–H groups in total. The van der Waals surface area contributed by atoms with E-state index in [9.17, 15) is 37.1 Å². The third kappa shape index (κ3) is 4.67. The molecule has 1 aliphatic rings. The maximum Gasteiger partial charge on any atom is 0.269 e. The standard InChI is InChI=1S/C21H21F4N3O4/c1-27-6-2-5-21(24,25)17(10-27)28-9-14(18(30)19(31)16(28)11-29)20(32)26-8-12-3-4-13(22)7-15(12)23/h3-4,7,9,11,17,31H,2,5-6,8,10H2,1H3,(H,26,32). The molecule has 2 aromatic rings. The molecule has 1 atom stereocenters. The maximum atomic E-state index is 14.8. The van der Waals surface area contributed by atoms with Gasteiger partial charge in [0.05, 0.1) is 0 Å². The Morgan fingerprint density at radius 3 is 2.72 bits per heavy atom. The second-order valence-corrected chi connectivity index (χ2v) is 7.69. The van der Waals surface area contributed by atoms with Crippen LogP contribution in [0.3, 0.4) is 0 Å². The van der Waals surface area contributed by atoms with Crippen molar-refractivity contribution in [3.63, 3.8) is 0 Å². The smallest absolute Gasteiger partial charge is 0.269 e. The molecule has 1 amide bonds. The summed E-state index contributed by atoms with van der Waals surface area (Å²) in [6.07, 6.45) is 0.588. The molecule has 1 aliphatic heterocycles. The lowest BCUT2D eigenvalue weighted by Gasteiger charge is -2.30. The summed E-state index contributed by atoms with van der Waals surface area (Å²) < 4.78 is 57.2. The van der Waals surface area contributed by atoms with Crippen molar-refractivity contribution in [3.05, 3.63) is 63.1 Å². The normalized spacial score (nSPS) is 18.7. The van der Waals surface area contributed by atoms with Crippen LogP contribution in [0.1, 0.15) is 45.3 Å². The molecule has 7 nitrogen and oxygen atoms in total. The number of pyridine rings is 1. The summed E-state index contributed by atoms with van der Waals surface area (Å²) in [5, 5.41) is 12.4. The number of aromatic hydroxyl groups is 1. The summed E-state index contributed by atoms with van der Waals surface area (Å²) in [6, 6.07) is 1.07. The first-order chi connectivity index (χ1) is 15.0. The molecule has 1 fully saturated rings. The van der Waals surface area contributed by atoms with Crippen LogP contribution in [0.5, 0.6) is 5.75 Å². The number of hydrogen-bond acceptors (Lipinski definition) is 5. The Morgan fingerprint density at radius 2 is 2.06 bits per heavy atom. The van der Waals surface area contributed by atoms with Crippen LogP contribution in [0.4, 0.5) is 17.6 Å². The van der Waals surface area contributed by atoms with Gasteiger partial charge in [-0.15, -0.1) is 0 Å². The fourth-order valence-corrected chi connectivity index (χ4v) is 3.67. The molecule has 172 valence electrons. The Hall–Kier alpha value is -3.21. The fourth-order valence-electron chi connectivity index (χ4n) is 3.67.